The molecule has 0 saturated carbocycles. The van der Waals surface area contributed by atoms with Gasteiger partial charge in [0.1, 0.15) is 0 Å². The maximum absolute atomic E-state index is 5.68. The second kappa shape index (κ2) is 5.33. The average molecular weight is 256 g/mol. The third kappa shape index (κ3) is 3.18. The fourth-order valence-corrected chi connectivity index (χ4v) is 2.43. The summed E-state index contributed by atoms with van der Waals surface area (Å²) in [7, 11) is 0. The van der Waals surface area contributed by atoms with Crippen LogP contribution in [0.2, 0.25) is 0 Å². The van der Waals surface area contributed by atoms with Gasteiger partial charge in [-0.1, -0.05) is 12.2 Å². The zero-order valence-electron chi connectivity index (χ0n) is 10.3. The number of ether oxygens (including phenoxy) is 2. The zero-order chi connectivity index (χ0) is 12.3. The van der Waals surface area contributed by atoms with Gasteiger partial charge < -0.3 is 19.7 Å². The molecule has 2 aliphatic heterocycles. The molecule has 0 radical (unpaired) electrons. The summed E-state index contributed by atoms with van der Waals surface area (Å²) in [5.74, 6) is -0.319. The molecule has 1 N–H and O–H groups in total. The second-order valence-electron chi connectivity index (χ2n) is 4.71. The summed E-state index contributed by atoms with van der Waals surface area (Å²) in [6.45, 7) is 9.80. The number of nitrogens with zero attached hydrogens (tertiary/aromatic N) is 1. The molecule has 2 fully saturated rings. The number of rotatable bonds is 2. The van der Waals surface area contributed by atoms with E-state index < -0.39 is 0 Å². The van der Waals surface area contributed by atoms with Crippen LogP contribution in [0.5, 0.6) is 0 Å². The van der Waals surface area contributed by atoms with Gasteiger partial charge in [0.25, 0.3) is 0 Å². The first-order valence-corrected chi connectivity index (χ1v) is 6.47. The first-order chi connectivity index (χ1) is 8.11. The fourth-order valence-electron chi connectivity index (χ4n) is 2.17. The van der Waals surface area contributed by atoms with Crippen LogP contribution >= 0.6 is 12.2 Å². The Labute approximate surface area is 108 Å². The molecular weight excluding hydrogens is 236 g/mol. The molecule has 96 valence electrons. The highest BCUT2D eigenvalue weighted by Crippen LogP contribution is 2.31. The maximum atomic E-state index is 5.68. The lowest BCUT2D eigenvalue weighted by Gasteiger charge is -2.38. The zero-order valence-corrected chi connectivity index (χ0v) is 11.1. The largest absolute Gasteiger partial charge is 0.359 e. The highest BCUT2D eigenvalue weighted by molar-refractivity contribution is 7.80. The Bertz CT molecular complexity index is 304. The van der Waals surface area contributed by atoms with Crippen LogP contribution in [0.25, 0.3) is 0 Å². The molecule has 0 aromatic rings. The predicted molar refractivity (Wildman–Crippen MR) is 70.9 cm³/mol. The summed E-state index contributed by atoms with van der Waals surface area (Å²) >= 11 is 5.35. The van der Waals surface area contributed by atoms with Crippen molar-refractivity contribution in [1.29, 1.82) is 0 Å². The quantitative estimate of drug-likeness (QED) is 0.594. The molecule has 0 amide bonds. The standard InChI is InChI=1S/C12H20N2O2S/c1-10(2)9-13-11(17)14-5-3-12(4-6-14)15-7-8-16-12/h1,3-9H2,2H3,(H,13,17). The third-order valence-corrected chi connectivity index (χ3v) is 3.57. The Balaban J connectivity index is 1.78. The lowest BCUT2D eigenvalue weighted by atomic mass is 10.0. The van der Waals surface area contributed by atoms with Crippen LogP contribution in [0.3, 0.4) is 0 Å². The molecule has 2 rings (SSSR count). The average Bonchev–Trinajstić information content (AvgIpc) is 2.75. The molecule has 0 aromatic carbocycles. The van der Waals surface area contributed by atoms with Crippen molar-refractivity contribution in [2.24, 2.45) is 0 Å². The molecule has 1 spiro atoms. The molecule has 2 aliphatic rings. The van der Waals surface area contributed by atoms with Gasteiger partial charge >= 0.3 is 0 Å². The molecule has 4 nitrogen and oxygen atoms in total. The molecule has 5 heteroatoms. The summed E-state index contributed by atoms with van der Waals surface area (Å²) in [4.78, 5) is 2.18. The first kappa shape index (κ1) is 12.8. The highest BCUT2D eigenvalue weighted by Gasteiger charge is 2.40. The van der Waals surface area contributed by atoms with E-state index in [9.17, 15) is 0 Å². The lowest BCUT2D eigenvalue weighted by Crippen LogP contribution is -2.50. The second-order valence-corrected chi connectivity index (χ2v) is 5.10. The molecular formula is C12H20N2O2S. The van der Waals surface area contributed by atoms with E-state index in [1.807, 2.05) is 6.92 Å². The van der Waals surface area contributed by atoms with E-state index in [4.69, 9.17) is 21.7 Å². The number of hydrogen-bond donors (Lipinski definition) is 1. The topological polar surface area (TPSA) is 33.7 Å². The number of nitrogens with one attached hydrogen (secondary N) is 1. The van der Waals surface area contributed by atoms with Crippen LogP contribution in [0.1, 0.15) is 19.8 Å². The Hall–Kier alpha value is -0.650. The Morgan fingerprint density at radius 1 is 1.35 bits per heavy atom. The van der Waals surface area contributed by atoms with Gasteiger partial charge in [-0.2, -0.15) is 0 Å². The first-order valence-electron chi connectivity index (χ1n) is 6.06. The summed E-state index contributed by atoms with van der Waals surface area (Å²) in [5.41, 5.74) is 1.09. The van der Waals surface area contributed by atoms with Crippen LogP contribution in [0.15, 0.2) is 12.2 Å². The van der Waals surface area contributed by atoms with Gasteiger partial charge in [0.15, 0.2) is 10.9 Å². The van der Waals surface area contributed by atoms with Crippen molar-refractivity contribution >= 4 is 17.3 Å². The third-order valence-electron chi connectivity index (χ3n) is 3.17. The van der Waals surface area contributed by atoms with Crippen LogP contribution in [-0.4, -0.2) is 48.6 Å². The molecule has 0 unspecified atom stereocenters. The SMILES string of the molecule is C=C(C)CNC(=S)N1CCC2(CC1)OCCO2. The highest BCUT2D eigenvalue weighted by atomic mass is 32.1. The van der Waals surface area contributed by atoms with E-state index in [1.54, 1.807) is 0 Å². The van der Waals surface area contributed by atoms with Crippen molar-refractivity contribution < 1.29 is 9.47 Å². The molecule has 17 heavy (non-hydrogen) atoms. The summed E-state index contributed by atoms with van der Waals surface area (Å²) in [6.07, 6.45) is 1.78. The van der Waals surface area contributed by atoms with Crippen molar-refractivity contribution in [3.05, 3.63) is 12.2 Å². The summed E-state index contributed by atoms with van der Waals surface area (Å²) in [5, 5.41) is 4.01. The van der Waals surface area contributed by atoms with Gasteiger partial charge in [-0.3, -0.25) is 0 Å². The van der Waals surface area contributed by atoms with E-state index in [2.05, 4.69) is 16.8 Å². The van der Waals surface area contributed by atoms with Crippen molar-refractivity contribution in [3.63, 3.8) is 0 Å². The summed E-state index contributed by atoms with van der Waals surface area (Å²) in [6, 6.07) is 0. The van der Waals surface area contributed by atoms with E-state index >= 15 is 0 Å². The van der Waals surface area contributed by atoms with Gasteiger partial charge in [-0.15, -0.1) is 0 Å². The van der Waals surface area contributed by atoms with E-state index in [1.165, 1.54) is 0 Å². The Morgan fingerprint density at radius 3 is 2.47 bits per heavy atom. The number of hydrogen-bond acceptors (Lipinski definition) is 3. The summed E-state index contributed by atoms with van der Waals surface area (Å²) < 4.78 is 11.4. The Kier molecular flexibility index (Phi) is 4.01. The van der Waals surface area contributed by atoms with Crippen molar-refractivity contribution in [2.75, 3.05) is 32.8 Å². The monoisotopic (exact) mass is 256 g/mol. The van der Waals surface area contributed by atoms with Gasteiger partial charge in [0, 0.05) is 32.5 Å². The van der Waals surface area contributed by atoms with Gasteiger partial charge in [-0.25, -0.2) is 0 Å². The van der Waals surface area contributed by atoms with E-state index in [0.717, 1.165) is 56.4 Å². The minimum Gasteiger partial charge on any atom is -0.359 e. The molecule has 0 atom stereocenters. The van der Waals surface area contributed by atoms with Crippen LogP contribution in [0.4, 0.5) is 0 Å². The minimum atomic E-state index is -0.319. The van der Waals surface area contributed by atoms with Crippen LogP contribution in [0, 0.1) is 0 Å². The normalized spacial score (nSPS) is 22.8. The van der Waals surface area contributed by atoms with Crippen molar-refractivity contribution in [1.82, 2.24) is 10.2 Å². The van der Waals surface area contributed by atoms with Gasteiger partial charge in [0.2, 0.25) is 0 Å². The maximum Gasteiger partial charge on any atom is 0.171 e. The smallest absolute Gasteiger partial charge is 0.171 e. The van der Waals surface area contributed by atoms with Gasteiger partial charge in [0.05, 0.1) is 13.2 Å². The molecule has 2 heterocycles. The fraction of sp³-hybridized carbons (Fsp3) is 0.750. The van der Waals surface area contributed by atoms with Crippen molar-refractivity contribution in [3.8, 4) is 0 Å². The van der Waals surface area contributed by atoms with E-state index in [-0.39, 0.29) is 5.79 Å². The number of thiocarbonyl (C=S) groups is 1. The van der Waals surface area contributed by atoms with Gasteiger partial charge in [-0.05, 0) is 19.1 Å². The number of likely N-dealkylation sites (tertiary alicyclic amines) is 1. The minimum absolute atomic E-state index is 0.319. The lowest BCUT2D eigenvalue weighted by molar-refractivity contribution is -0.180. The Morgan fingerprint density at radius 2 is 1.94 bits per heavy atom. The molecule has 2 saturated heterocycles. The molecule has 0 aromatic heterocycles. The predicted octanol–water partition coefficient (Wildman–Crippen LogP) is 1.28. The van der Waals surface area contributed by atoms with Crippen LogP contribution < -0.4 is 5.32 Å². The van der Waals surface area contributed by atoms with Crippen LogP contribution in [-0.2, 0) is 9.47 Å². The molecule has 0 bridgehead atoms. The number of piperidine rings is 1. The molecule has 0 aliphatic carbocycles. The van der Waals surface area contributed by atoms with E-state index in [0.29, 0.717) is 0 Å². The van der Waals surface area contributed by atoms with Crippen molar-refractivity contribution in [2.45, 2.75) is 25.6 Å².